The molecule has 6 nitrogen and oxygen atoms in total. The highest BCUT2D eigenvalue weighted by atomic mass is 32.2. The number of hydrogen-bond donors (Lipinski definition) is 1. The van der Waals surface area contributed by atoms with E-state index in [0.29, 0.717) is 12.1 Å². The van der Waals surface area contributed by atoms with Crippen LogP contribution in [-0.4, -0.2) is 53.2 Å². The van der Waals surface area contributed by atoms with E-state index >= 15 is 0 Å². The maximum absolute atomic E-state index is 13.6. The Labute approximate surface area is 189 Å². The van der Waals surface area contributed by atoms with Crippen LogP contribution in [0.3, 0.4) is 0 Å². The molecule has 1 N–H and O–H groups in total. The molecule has 0 spiro atoms. The third-order valence-corrected chi connectivity index (χ3v) is 7.45. The second kappa shape index (κ2) is 9.29. The number of benzene rings is 1. The number of carbonyl (C=O) groups is 1. The molecular weight excluding hydrogens is 406 g/mol. The molecule has 1 fully saturated rings. The van der Waals surface area contributed by atoms with Crippen LogP contribution in [0.15, 0.2) is 48.7 Å². The van der Waals surface area contributed by atoms with Crippen LogP contribution in [-0.2, 0) is 10.2 Å². The lowest BCUT2D eigenvalue weighted by molar-refractivity contribution is -0.123. The minimum Gasteiger partial charge on any atom is -0.378 e. The first-order valence-electron chi connectivity index (χ1n) is 10.7. The second-order valence-electron chi connectivity index (χ2n) is 8.07. The van der Waals surface area contributed by atoms with E-state index in [2.05, 4.69) is 42.0 Å². The maximum atomic E-state index is 13.6. The second-order valence-corrected chi connectivity index (χ2v) is 9.68. The molecule has 3 unspecified atom stereocenters. The summed E-state index contributed by atoms with van der Waals surface area (Å²) >= 11 is 1.51. The number of nitrogens with one attached hydrogen (secondary N) is 1. The standard InChI is InChI=1S/C24H31N5OS/c1-6-29(7-2)18(3)31-23(17-25)16-24(22(30)27-23,21-10-8-9-15-26-21)19-11-13-20(14-12-19)28(4)5/h8-15,18H,6-7,16H2,1-5H3,(H,27,30). The molecule has 31 heavy (non-hydrogen) atoms. The zero-order valence-electron chi connectivity index (χ0n) is 18.9. The molecule has 0 radical (unpaired) electrons. The van der Waals surface area contributed by atoms with Gasteiger partial charge in [0.05, 0.1) is 11.1 Å². The van der Waals surface area contributed by atoms with Crippen LogP contribution in [0.1, 0.15) is 38.4 Å². The highest BCUT2D eigenvalue weighted by Crippen LogP contribution is 2.49. The van der Waals surface area contributed by atoms with E-state index in [1.807, 2.05) is 61.5 Å². The summed E-state index contributed by atoms with van der Waals surface area (Å²) in [6, 6.07) is 16.0. The van der Waals surface area contributed by atoms with Gasteiger partial charge in [0, 0.05) is 32.4 Å². The number of amides is 1. The molecule has 1 aliphatic rings. The smallest absolute Gasteiger partial charge is 0.238 e. The van der Waals surface area contributed by atoms with Gasteiger partial charge in [0.25, 0.3) is 0 Å². The van der Waals surface area contributed by atoms with E-state index in [4.69, 9.17) is 0 Å². The number of nitriles is 1. The van der Waals surface area contributed by atoms with Gasteiger partial charge in [-0.1, -0.05) is 43.8 Å². The van der Waals surface area contributed by atoms with Crippen molar-refractivity contribution in [3.8, 4) is 6.07 Å². The van der Waals surface area contributed by atoms with Crippen molar-refractivity contribution in [1.29, 1.82) is 5.26 Å². The van der Waals surface area contributed by atoms with E-state index in [1.54, 1.807) is 6.20 Å². The van der Waals surface area contributed by atoms with Crippen molar-refractivity contribution in [3.63, 3.8) is 0 Å². The Kier molecular flexibility index (Phi) is 6.93. The lowest BCUT2D eigenvalue weighted by Crippen LogP contribution is -2.42. The molecule has 1 aromatic heterocycles. The lowest BCUT2D eigenvalue weighted by Gasteiger charge is -2.32. The number of carbonyl (C=O) groups excluding carboxylic acids is 1. The molecule has 1 amide bonds. The normalized spacial score (nSPS) is 24.0. The minimum atomic E-state index is -1.03. The molecule has 3 atom stereocenters. The number of anilines is 1. The summed E-state index contributed by atoms with van der Waals surface area (Å²) in [5.74, 6) is -0.176. The van der Waals surface area contributed by atoms with Crippen molar-refractivity contribution in [3.05, 3.63) is 59.9 Å². The zero-order chi connectivity index (χ0) is 22.6. The van der Waals surface area contributed by atoms with E-state index in [-0.39, 0.29) is 11.3 Å². The minimum absolute atomic E-state index is 0.0885. The zero-order valence-corrected chi connectivity index (χ0v) is 19.7. The predicted octanol–water partition coefficient (Wildman–Crippen LogP) is 3.59. The average Bonchev–Trinajstić information content (AvgIpc) is 3.08. The molecule has 0 bridgehead atoms. The number of hydrogen-bond acceptors (Lipinski definition) is 6. The fourth-order valence-electron chi connectivity index (χ4n) is 4.30. The molecule has 1 saturated heterocycles. The van der Waals surface area contributed by atoms with Gasteiger partial charge in [0.2, 0.25) is 5.91 Å². The number of pyridine rings is 1. The fraction of sp³-hybridized carbons (Fsp3) is 0.458. The van der Waals surface area contributed by atoms with Gasteiger partial charge in [-0.3, -0.25) is 14.7 Å². The molecule has 3 rings (SSSR count). The van der Waals surface area contributed by atoms with Crippen LogP contribution in [0, 0.1) is 11.3 Å². The van der Waals surface area contributed by atoms with Crippen molar-refractivity contribution >= 4 is 23.4 Å². The van der Waals surface area contributed by atoms with Crippen LogP contribution >= 0.6 is 11.8 Å². The Morgan fingerprint density at radius 1 is 1.19 bits per heavy atom. The Hall–Kier alpha value is -2.56. The molecule has 2 heterocycles. The SMILES string of the molecule is CCN(CC)C(C)SC1(C#N)CC(c2ccc(N(C)C)cc2)(c2ccccn2)C(=O)N1. The van der Waals surface area contributed by atoms with E-state index in [1.165, 1.54) is 11.8 Å². The van der Waals surface area contributed by atoms with Crippen molar-refractivity contribution in [2.45, 2.75) is 42.9 Å². The Bertz CT molecular complexity index is 939. The van der Waals surface area contributed by atoms with E-state index in [0.717, 1.165) is 24.3 Å². The van der Waals surface area contributed by atoms with Crippen LogP contribution in [0.5, 0.6) is 0 Å². The largest absolute Gasteiger partial charge is 0.378 e. The summed E-state index contributed by atoms with van der Waals surface area (Å²) < 4.78 is 0. The fourth-order valence-corrected chi connectivity index (χ4v) is 5.84. The quantitative estimate of drug-likeness (QED) is 0.636. The summed E-state index contributed by atoms with van der Waals surface area (Å²) in [4.78, 5) is 21.5. The number of rotatable bonds is 8. The lowest BCUT2D eigenvalue weighted by atomic mass is 9.74. The Morgan fingerprint density at radius 3 is 2.39 bits per heavy atom. The van der Waals surface area contributed by atoms with Crippen LogP contribution < -0.4 is 10.2 Å². The highest BCUT2D eigenvalue weighted by molar-refractivity contribution is 8.01. The summed E-state index contributed by atoms with van der Waals surface area (Å²) in [7, 11) is 3.97. The third kappa shape index (κ3) is 4.28. The molecule has 1 aliphatic heterocycles. The third-order valence-electron chi connectivity index (χ3n) is 6.07. The van der Waals surface area contributed by atoms with Crippen LogP contribution in [0.4, 0.5) is 5.69 Å². The van der Waals surface area contributed by atoms with Gasteiger partial charge < -0.3 is 10.2 Å². The molecule has 7 heteroatoms. The Morgan fingerprint density at radius 2 is 1.87 bits per heavy atom. The number of thioether (sulfide) groups is 1. The van der Waals surface area contributed by atoms with E-state index < -0.39 is 10.3 Å². The van der Waals surface area contributed by atoms with Crippen LogP contribution in [0.25, 0.3) is 0 Å². The number of nitrogens with zero attached hydrogens (tertiary/aromatic N) is 4. The Balaban J connectivity index is 2.08. The summed E-state index contributed by atoms with van der Waals surface area (Å²) in [6.07, 6.45) is 2.03. The van der Waals surface area contributed by atoms with Gasteiger partial charge in [0.1, 0.15) is 11.5 Å². The van der Waals surface area contributed by atoms with Gasteiger partial charge in [-0.25, -0.2) is 0 Å². The predicted molar refractivity (Wildman–Crippen MR) is 127 cm³/mol. The van der Waals surface area contributed by atoms with Crippen LogP contribution in [0.2, 0.25) is 0 Å². The molecule has 0 aliphatic carbocycles. The molecule has 164 valence electrons. The first-order chi connectivity index (χ1) is 14.8. The van der Waals surface area contributed by atoms with E-state index in [9.17, 15) is 10.1 Å². The topological polar surface area (TPSA) is 72.3 Å². The van der Waals surface area contributed by atoms with Crippen molar-refractivity contribution < 1.29 is 4.79 Å². The molecule has 2 aromatic rings. The van der Waals surface area contributed by atoms with Gasteiger partial charge in [-0.2, -0.15) is 5.26 Å². The van der Waals surface area contributed by atoms with Gasteiger partial charge in [-0.15, -0.1) is 0 Å². The first-order valence-corrected chi connectivity index (χ1v) is 11.5. The number of aromatic nitrogens is 1. The summed E-state index contributed by atoms with van der Waals surface area (Å²) in [5.41, 5.74) is 1.55. The van der Waals surface area contributed by atoms with Crippen molar-refractivity contribution in [2.24, 2.45) is 0 Å². The molecular formula is C24H31N5OS. The highest BCUT2D eigenvalue weighted by Gasteiger charge is 2.58. The maximum Gasteiger partial charge on any atom is 0.238 e. The van der Waals surface area contributed by atoms with Gasteiger partial charge >= 0.3 is 0 Å². The average molecular weight is 438 g/mol. The van der Waals surface area contributed by atoms with Gasteiger partial charge in [-0.05, 0) is 49.8 Å². The van der Waals surface area contributed by atoms with Crippen molar-refractivity contribution in [1.82, 2.24) is 15.2 Å². The summed E-state index contributed by atoms with van der Waals surface area (Å²) in [5, 5.41) is 13.4. The summed E-state index contributed by atoms with van der Waals surface area (Å²) in [6.45, 7) is 8.08. The molecule has 0 saturated carbocycles. The first kappa shape index (κ1) is 23.1. The van der Waals surface area contributed by atoms with Crippen molar-refractivity contribution in [2.75, 3.05) is 32.1 Å². The van der Waals surface area contributed by atoms with Gasteiger partial charge in [0.15, 0.2) is 4.87 Å². The monoisotopic (exact) mass is 437 g/mol. The molecule has 1 aromatic carbocycles.